The van der Waals surface area contributed by atoms with Crippen LogP contribution in [-0.4, -0.2) is 16.9 Å². The summed E-state index contributed by atoms with van der Waals surface area (Å²) in [6, 6.07) is 22.0. The number of anilines is 3. The first-order valence-electron chi connectivity index (χ1n) is 9.39. The Bertz CT molecular complexity index is 1070. The minimum Gasteiger partial charge on any atom is -0.356 e. The molecular formula is C24H20N2O3. The molecule has 0 radical (unpaired) electrons. The average Bonchev–Trinajstić information content (AvgIpc) is 3.13. The lowest BCUT2D eigenvalue weighted by Crippen LogP contribution is -2.24. The molecule has 2 N–H and O–H groups in total. The topological polar surface area (TPSA) is 69.6 Å². The number of nitrogens with zero attached hydrogens (tertiary/aromatic N) is 1. The maximum Gasteiger partial charge on any atom is 0.274 e. The van der Waals surface area contributed by atoms with Crippen LogP contribution in [0.5, 0.6) is 0 Å². The smallest absolute Gasteiger partial charge is 0.274 e. The van der Waals surface area contributed by atoms with Crippen LogP contribution in [0.25, 0.3) is 6.08 Å². The van der Waals surface area contributed by atoms with Gasteiger partial charge in [0.2, 0.25) is 0 Å². The van der Waals surface area contributed by atoms with E-state index >= 15 is 0 Å². The zero-order valence-electron chi connectivity index (χ0n) is 15.7. The molecule has 0 fully saturated rings. The van der Waals surface area contributed by atoms with Crippen LogP contribution in [0.2, 0.25) is 0 Å². The van der Waals surface area contributed by atoms with E-state index in [0.29, 0.717) is 17.2 Å². The number of carbonyl (C=O) groups is 2. The number of carbonyl (C=O) groups excluding carboxylic acids is 2. The number of benzene rings is 3. The second-order valence-corrected chi connectivity index (χ2v) is 6.86. The van der Waals surface area contributed by atoms with Crippen molar-refractivity contribution in [2.45, 2.75) is 12.8 Å². The van der Waals surface area contributed by atoms with Crippen LogP contribution in [0.15, 0.2) is 78.9 Å². The molecule has 3 aromatic carbocycles. The largest absolute Gasteiger partial charge is 0.356 e. The molecule has 3 aromatic rings. The number of hydroxylamine groups is 1. The van der Waals surface area contributed by atoms with E-state index in [1.807, 2.05) is 48.5 Å². The molecule has 0 bridgehead atoms. The van der Waals surface area contributed by atoms with Crippen LogP contribution >= 0.6 is 0 Å². The highest BCUT2D eigenvalue weighted by molar-refractivity contribution is 6.02. The molecule has 144 valence electrons. The molecule has 29 heavy (non-hydrogen) atoms. The van der Waals surface area contributed by atoms with Gasteiger partial charge in [0, 0.05) is 29.4 Å². The first kappa shape index (κ1) is 18.7. The summed E-state index contributed by atoms with van der Waals surface area (Å²) in [6.45, 7) is 0. The Kier molecular flexibility index (Phi) is 5.22. The van der Waals surface area contributed by atoms with Crippen molar-refractivity contribution < 1.29 is 14.8 Å². The molecule has 1 amide bonds. The summed E-state index contributed by atoms with van der Waals surface area (Å²) in [4.78, 5) is 24.1. The van der Waals surface area contributed by atoms with E-state index in [9.17, 15) is 14.8 Å². The van der Waals surface area contributed by atoms with Gasteiger partial charge in [0.1, 0.15) is 0 Å². The average molecular weight is 384 g/mol. The zero-order chi connectivity index (χ0) is 20.2. The predicted octanol–water partition coefficient (Wildman–Crippen LogP) is 4.99. The number of fused-ring (bicyclic) bond motifs is 1. The van der Waals surface area contributed by atoms with Crippen LogP contribution < -0.4 is 10.4 Å². The molecule has 5 nitrogen and oxygen atoms in total. The van der Waals surface area contributed by atoms with Crippen molar-refractivity contribution in [3.63, 3.8) is 0 Å². The molecule has 0 aliphatic heterocycles. The number of hydrogen-bond donors (Lipinski definition) is 2. The predicted molar refractivity (Wildman–Crippen MR) is 114 cm³/mol. The molecule has 0 heterocycles. The Labute approximate surface area is 168 Å². The highest BCUT2D eigenvalue weighted by Crippen LogP contribution is 2.27. The summed E-state index contributed by atoms with van der Waals surface area (Å²) in [5.41, 5.74) is 4.73. The van der Waals surface area contributed by atoms with Gasteiger partial charge in [0.05, 0.1) is 5.69 Å². The standard InChI is InChI=1S/C24H20N2O3/c27-23-14-8-18-7-9-20(16-22(18)23)25-19-10-12-21(13-11-19)26(29)24(28)15-6-17-4-2-1-3-5-17/h1-7,9-13,15-16,25,29H,8,14H2. The van der Waals surface area contributed by atoms with Crippen molar-refractivity contribution in [1.82, 2.24) is 0 Å². The van der Waals surface area contributed by atoms with Gasteiger partial charge in [-0.25, -0.2) is 0 Å². The molecule has 0 spiro atoms. The van der Waals surface area contributed by atoms with E-state index in [0.717, 1.165) is 34.5 Å². The van der Waals surface area contributed by atoms with Crippen LogP contribution in [-0.2, 0) is 11.2 Å². The maximum atomic E-state index is 12.2. The summed E-state index contributed by atoms with van der Waals surface area (Å²) < 4.78 is 0. The van der Waals surface area contributed by atoms with Crippen molar-refractivity contribution >= 4 is 34.8 Å². The van der Waals surface area contributed by atoms with E-state index < -0.39 is 5.91 Å². The van der Waals surface area contributed by atoms with Crippen LogP contribution in [0.4, 0.5) is 17.1 Å². The molecular weight excluding hydrogens is 364 g/mol. The van der Waals surface area contributed by atoms with Gasteiger partial charge < -0.3 is 5.32 Å². The lowest BCUT2D eigenvalue weighted by atomic mass is 10.1. The second-order valence-electron chi connectivity index (χ2n) is 6.86. The minimum atomic E-state index is -0.535. The molecule has 0 atom stereocenters. The van der Waals surface area contributed by atoms with Crippen LogP contribution in [0, 0.1) is 0 Å². The summed E-state index contributed by atoms with van der Waals surface area (Å²) in [5.74, 6) is -0.358. The van der Waals surface area contributed by atoms with Gasteiger partial charge in [0.15, 0.2) is 5.78 Å². The molecule has 4 rings (SSSR count). The van der Waals surface area contributed by atoms with Crippen molar-refractivity contribution in [2.24, 2.45) is 0 Å². The fourth-order valence-electron chi connectivity index (χ4n) is 3.30. The molecule has 0 aromatic heterocycles. The first-order valence-corrected chi connectivity index (χ1v) is 9.39. The molecule has 0 unspecified atom stereocenters. The number of hydrogen-bond acceptors (Lipinski definition) is 4. The fourth-order valence-corrected chi connectivity index (χ4v) is 3.30. The van der Waals surface area contributed by atoms with Gasteiger partial charge in [-0.15, -0.1) is 0 Å². The fraction of sp³-hybridized carbons (Fsp3) is 0.0833. The van der Waals surface area contributed by atoms with E-state index in [1.54, 1.807) is 30.3 Å². The summed E-state index contributed by atoms with van der Waals surface area (Å²) >= 11 is 0. The second kappa shape index (κ2) is 8.12. The minimum absolute atomic E-state index is 0.178. The molecule has 1 aliphatic rings. The Hall–Kier alpha value is -3.70. The number of rotatable bonds is 5. The number of amides is 1. The van der Waals surface area contributed by atoms with Crippen LogP contribution in [0.1, 0.15) is 27.9 Å². The summed E-state index contributed by atoms with van der Waals surface area (Å²) in [6.07, 6.45) is 4.36. The lowest BCUT2D eigenvalue weighted by Gasteiger charge is -2.14. The van der Waals surface area contributed by atoms with Crippen molar-refractivity contribution in [1.29, 1.82) is 0 Å². The Morgan fingerprint density at radius 2 is 1.66 bits per heavy atom. The highest BCUT2D eigenvalue weighted by Gasteiger charge is 2.19. The SMILES string of the molecule is O=C1CCc2ccc(Nc3ccc(N(O)C(=O)C=Cc4ccccc4)cc3)cc21. The highest BCUT2D eigenvalue weighted by atomic mass is 16.5. The van der Waals surface area contributed by atoms with Crippen molar-refractivity contribution in [2.75, 3.05) is 10.4 Å². The van der Waals surface area contributed by atoms with E-state index in [2.05, 4.69) is 5.32 Å². The number of Topliss-reactive ketones (excluding diaryl/α,β-unsaturated/α-hetero) is 1. The van der Waals surface area contributed by atoms with Gasteiger partial charge in [0.25, 0.3) is 5.91 Å². The Morgan fingerprint density at radius 1 is 0.931 bits per heavy atom. The van der Waals surface area contributed by atoms with Crippen LogP contribution in [0.3, 0.4) is 0 Å². The summed E-state index contributed by atoms with van der Waals surface area (Å²) in [5, 5.41) is 14.0. The Balaban J connectivity index is 1.42. The molecule has 5 heteroatoms. The molecule has 0 saturated carbocycles. The normalized spacial score (nSPS) is 12.8. The van der Waals surface area contributed by atoms with Gasteiger partial charge in [-0.2, -0.15) is 5.06 Å². The number of ketones is 1. The monoisotopic (exact) mass is 384 g/mol. The van der Waals surface area contributed by atoms with E-state index in [1.165, 1.54) is 6.08 Å². The third-order valence-electron chi connectivity index (χ3n) is 4.86. The Morgan fingerprint density at radius 3 is 2.41 bits per heavy atom. The van der Waals surface area contributed by atoms with Gasteiger partial charge in [-0.3, -0.25) is 14.8 Å². The third-order valence-corrected chi connectivity index (χ3v) is 4.86. The van der Waals surface area contributed by atoms with E-state index in [4.69, 9.17) is 0 Å². The summed E-state index contributed by atoms with van der Waals surface area (Å²) in [7, 11) is 0. The van der Waals surface area contributed by atoms with E-state index in [-0.39, 0.29) is 5.78 Å². The maximum absolute atomic E-state index is 12.2. The van der Waals surface area contributed by atoms with Crippen molar-refractivity contribution in [3.05, 3.63) is 95.6 Å². The number of aryl methyl sites for hydroxylation is 1. The van der Waals surface area contributed by atoms with Gasteiger partial charge >= 0.3 is 0 Å². The van der Waals surface area contributed by atoms with Gasteiger partial charge in [-0.05, 0) is 60.0 Å². The number of nitrogens with one attached hydrogen (secondary N) is 1. The van der Waals surface area contributed by atoms with Gasteiger partial charge in [-0.1, -0.05) is 36.4 Å². The third kappa shape index (κ3) is 4.25. The quantitative estimate of drug-likeness (QED) is 0.369. The molecule has 1 aliphatic carbocycles. The first-order chi connectivity index (χ1) is 14.1. The zero-order valence-corrected chi connectivity index (χ0v) is 15.7. The lowest BCUT2D eigenvalue weighted by molar-refractivity contribution is -0.118. The molecule has 0 saturated heterocycles. The van der Waals surface area contributed by atoms with Crippen molar-refractivity contribution in [3.8, 4) is 0 Å².